The van der Waals surface area contributed by atoms with Gasteiger partial charge in [0.15, 0.2) is 0 Å². The number of hydrogen-bond acceptors (Lipinski definition) is 1. The van der Waals surface area contributed by atoms with E-state index < -0.39 is 0 Å². The Kier molecular flexibility index (Phi) is 8.27. The largest absolute Gasteiger partial charge is 0.135 e. The Morgan fingerprint density at radius 2 is 0.769 bits per heavy atom. The average Bonchev–Trinajstić information content (AvgIpc) is 3.85. The van der Waals surface area contributed by atoms with Gasteiger partial charge in [-0.2, -0.15) is 0 Å². The van der Waals surface area contributed by atoms with E-state index in [9.17, 15) is 0 Å². The van der Waals surface area contributed by atoms with E-state index in [1.807, 2.05) is 11.3 Å². The lowest BCUT2D eigenvalue weighted by molar-refractivity contribution is 1.32. The Balaban J connectivity index is 1.18. The highest BCUT2D eigenvalue weighted by atomic mass is 32.1. The second-order valence-electron chi connectivity index (χ2n) is 18.7. The zero-order chi connectivity index (χ0) is 43.8. The number of fused-ring (bicyclic) bond motifs is 9. The lowest BCUT2D eigenvalue weighted by atomic mass is 9.79. The number of thiophene rings is 1. The third kappa shape index (κ3) is 5.49. The van der Waals surface area contributed by atoms with E-state index in [1.54, 1.807) is 0 Å². The molecule has 0 atom stereocenters. The smallest absolute Gasteiger partial charge is 0.0434 e. The molecule has 1 aromatic heterocycles. The number of aryl methyl sites for hydroxylation is 6. The molecule has 1 heteroatoms. The predicted molar refractivity (Wildman–Crippen MR) is 284 cm³/mol. The highest BCUT2D eigenvalue weighted by Gasteiger charge is 2.33. The third-order valence-corrected chi connectivity index (χ3v) is 15.7. The fourth-order valence-corrected chi connectivity index (χ4v) is 13.4. The number of hydrogen-bond donors (Lipinski definition) is 0. The Bertz CT molecular complexity index is 3850. The van der Waals surface area contributed by atoms with Crippen molar-refractivity contribution in [1.82, 2.24) is 0 Å². The molecular formula is C64H46S. The molecule has 13 rings (SSSR count). The topological polar surface area (TPSA) is 0 Å². The van der Waals surface area contributed by atoms with Crippen molar-refractivity contribution in [3.8, 4) is 66.8 Å². The lowest BCUT2D eigenvalue weighted by Gasteiger charge is -2.24. The molecule has 0 amide bonds. The van der Waals surface area contributed by atoms with Crippen LogP contribution in [0.15, 0.2) is 170 Å². The Labute approximate surface area is 384 Å². The second-order valence-corrected chi connectivity index (χ2v) is 19.7. The van der Waals surface area contributed by atoms with E-state index in [1.165, 1.54) is 163 Å². The maximum absolute atomic E-state index is 2.52. The molecule has 0 unspecified atom stereocenters. The van der Waals surface area contributed by atoms with Crippen molar-refractivity contribution in [3.05, 3.63) is 203 Å². The van der Waals surface area contributed by atoms with Crippen LogP contribution in [0.1, 0.15) is 33.4 Å². The van der Waals surface area contributed by atoms with Crippen molar-refractivity contribution in [3.63, 3.8) is 0 Å². The minimum Gasteiger partial charge on any atom is -0.135 e. The van der Waals surface area contributed by atoms with E-state index in [4.69, 9.17) is 0 Å². The standard InChI is InChI=1S/C64H46S/c1-35-28-37(3)56(38(4)29-35)60-49-21-11-12-22-50(49)61(57-39(5)30-36(2)31-40(57)6)63-52-27-26-46(48-23-15-24-51(59(48)52)62(60)63)53-33-43(34-54-47-20-13-14-25-55(47)65-64(53)54)58-44-18-9-7-16-41(44)32-42-17-8-10-19-45(42)58/h7-34H,1-6H3. The summed E-state index contributed by atoms with van der Waals surface area (Å²) in [5, 5.41) is 13.0. The summed E-state index contributed by atoms with van der Waals surface area (Å²) in [5.41, 5.74) is 23.7. The van der Waals surface area contributed by atoms with E-state index in [0.29, 0.717) is 0 Å². The van der Waals surface area contributed by atoms with Gasteiger partial charge < -0.3 is 0 Å². The second kappa shape index (κ2) is 14.1. The molecule has 0 aliphatic heterocycles. The molecule has 12 aromatic rings. The first-order valence-electron chi connectivity index (χ1n) is 22.9. The summed E-state index contributed by atoms with van der Waals surface area (Å²) < 4.78 is 2.65. The summed E-state index contributed by atoms with van der Waals surface area (Å²) in [6.45, 7) is 13.7. The molecular weight excluding hydrogens is 801 g/mol. The van der Waals surface area contributed by atoms with Crippen molar-refractivity contribution in [1.29, 1.82) is 0 Å². The summed E-state index contributed by atoms with van der Waals surface area (Å²) in [4.78, 5) is 0. The Hall–Kier alpha value is -7.32. The van der Waals surface area contributed by atoms with Crippen LogP contribution in [0.4, 0.5) is 0 Å². The Morgan fingerprint density at radius 1 is 0.292 bits per heavy atom. The van der Waals surface area contributed by atoms with Gasteiger partial charge >= 0.3 is 0 Å². The zero-order valence-electron chi connectivity index (χ0n) is 37.6. The van der Waals surface area contributed by atoms with Crippen LogP contribution in [0.2, 0.25) is 0 Å². The van der Waals surface area contributed by atoms with Crippen LogP contribution < -0.4 is 0 Å². The van der Waals surface area contributed by atoms with Gasteiger partial charge in [0.25, 0.3) is 0 Å². The minimum absolute atomic E-state index is 1.25. The van der Waals surface area contributed by atoms with Gasteiger partial charge in [0.2, 0.25) is 0 Å². The molecule has 0 saturated carbocycles. The van der Waals surface area contributed by atoms with Gasteiger partial charge in [0.05, 0.1) is 0 Å². The quantitative estimate of drug-likeness (QED) is 0.155. The van der Waals surface area contributed by atoms with Gasteiger partial charge in [0.1, 0.15) is 0 Å². The molecule has 65 heavy (non-hydrogen) atoms. The summed E-state index contributed by atoms with van der Waals surface area (Å²) in [5.74, 6) is 0. The zero-order valence-corrected chi connectivity index (χ0v) is 38.4. The van der Waals surface area contributed by atoms with Crippen LogP contribution in [0.25, 0.3) is 130 Å². The highest BCUT2D eigenvalue weighted by Crippen LogP contribution is 2.60. The molecule has 1 aliphatic carbocycles. The summed E-state index contributed by atoms with van der Waals surface area (Å²) in [7, 11) is 0. The Morgan fingerprint density at radius 3 is 1.35 bits per heavy atom. The van der Waals surface area contributed by atoms with Gasteiger partial charge in [-0.3, -0.25) is 0 Å². The molecule has 0 radical (unpaired) electrons. The van der Waals surface area contributed by atoms with Crippen molar-refractivity contribution >= 4 is 74.6 Å². The maximum Gasteiger partial charge on any atom is 0.0434 e. The maximum atomic E-state index is 2.52. The summed E-state index contributed by atoms with van der Waals surface area (Å²) in [6, 6.07) is 64.9. The highest BCUT2D eigenvalue weighted by molar-refractivity contribution is 7.26. The molecule has 0 saturated heterocycles. The molecule has 0 spiro atoms. The van der Waals surface area contributed by atoms with Gasteiger partial charge in [0, 0.05) is 25.7 Å². The van der Waals surface area contributed by atoms with Crippen molar-refractivity contribution in [2.75, 3.05) is 0 Å². The van der Waals surface area contributed by atoms with E-state index in [-0.39, 0.29) is 0 Å². The van der Waals surface area contributed by atoms with E-state index in [2.05, 4.69) is 211 Å². The monoisotopic (exact) mass is 846 g/mol. The molecule has 1 heterocycles. The predicted octanol–water partition coefficient (Wildman–Crippen LogP) is 18.8. The molecule has 0 bridgehead atoms. The molecule has 0 nitrogen and oxygen atoms in total. The average molecular weight is 847 g/mol. The summed E-state index contributed by atoms with van der Waals surface area (Å²) in [6.07, 6.45) is 0. The van der Waals surface area contributed by atoms with Crippen molar-refractivity contribution in [2.45, 2.75) is 41.5 Å². The van der Waals surface area contributed by atoms with Crippen LogP contribution in [0, 0.1) is 41.5 Å². The first-order chi connectivity index (χ1) is 31.7. The number of rotatable bonds is 4. The third-order valence-electron chi connectivity index (χ3n) is 14.5. The van der Waals surface area contributed by atoms with Gasteiger partial charge in [-0.25, -0.2) is 0 Å². The van der Waals surface area contributed by atoms with Crippen molar-refractivity contribution < 1.29 is 0 Å². The van der Waals surface area contributed by atoms with Crippen molar-refractivity contribution in [2.24, 2.45) is 0 Å². The SMILES string of the molecule is Cc1cc(C)c(-c2c3c(c(-c4c(C)cc(C)cc4C)c4ccccc24)-c2ccc(-c4cc(-c5c6ccccc6cc6ccccc56)cc5c4sc4ccccc45)c4cccc-3c24)c(C)c1. The fourth-order valence-electron chi connectivity index (χ4n) is 12.2. The molecule has 1 aliphatic rings. The molecule has 11 aromatic carbocycles. The van der Waals surface area contributed by atoms with Crippen LogP contribution in [-0.2, 0) is 0 Å². The minimum atomic E-state index is 1.25. The normalized spacial score (nSPS) is 12.2. The molecule has 308 valence electrons. The van der Waals surface area contributed by atoms with Crippen LogP contribution in [0.3, 0.4) is 0 Å². The molecule has 0 fully saturated rings. The lowest BCUT2D eigenvalue weighted by Crippen LogP contribution is -1.99. The fraction of sp³-hybridized carbons (Fsp3) is 0.0938. The first kappa shape index (κ1) is 38.2. The van der Waals surface area contributed by atoms with Crippen LogP contribution >= 0.6 is 11.3 Å². The van der Waals surface area contributed by atoms with Crippen LogP contribution in [-0.4, -0.2) is 0 Å². The van der Waals surface area contributed by atoms with Gasteiger partial charge in [-0.15, -0.1) is 11.3 Å². The van der Waals surface area contributed by atoms with E-state index in [0.717, 1.165) is 0 Å². The van der Waals surface area contributed by atoms with Gasteiger partial charge in [-0.05, 0) is 192 Å². The van der Waals surface area contributed by atoms with Crippen LogP contribution in [0.5, 0.6) is 0 Å². The molecule has 0 N–H and O–H groups in total. The number of benzene rings is 11. The van der Waals surface area contributed by atoms with E-state index >= 15 is 0 Å². The summed E-state index contributed by atoms with van der Waals surface area (Å²) >= 11 is 1.92. The first-order valence-corrected chi connectivity index (χ1v) is 23.7. The van der Waals surface area contributed by atoms with Gasteiger partial charge in [-0.1, -0.05) is 157 Å².